The molecule has 1 aliphatic rings. The van der Waals surface area contributed by atoms with Gasteiger partial charge in [-0.25, -0.2) is 8.42 Å². The Balaban J connectivity index is 1.89. The zero-order chi connectivity index (χ0) is 15.7. The Bertz CT molecular complexity index is 660. The summed E-state index contributed by atoms with van der Waals surface area (Å²) in [6, 6.07) is 5.74. The molecule has 1 amide bonds. The Morgan fingerprint density at radius 1 is 1.43 bits per heavy atom. The van der Waals surface area contributed by atoms with Crippen molar-refractivity contribution >= 4 is 37.4 Å². The number of amides is 1. The zero-order valence-corrected chi connectivity index (χ0v) is 14.5. The molecule has 1 aromatic rings. The first-order valence-electron chi connectivity index (χ1n) is 6.71. The van der Waals surface area contributed by atoms with Crippen LogP contribution in [0.4, 0.5) is 5.69 Å². The van der Waals surface area contributed by atoms with Gasteiger partial charge in [0.25, 0.3) is 0 Å². The Kier molecular flexibility index (Phi) is 4.63. The summed E-state index contributed by atoms with van der Waals surface area (Å²) in [6.45, 7) is 3.87. The lowest BCUT2D eigenvalue weighted by Gasteiger charge is -2.24. The second kappa shape index (κ2) is 5.96. The van der Waals surface area contributed by atoms with Crippen LogP contribution in [0, 0.1) is 6.92 Å². The highest BCUT2D eigenvalue weighted by Gasteiger charge is 2.39. The van der Waals surface area contributed by atoms with Crippen LogP contribution < -0.4 is 10.6 Å². The van der Waals surface area contributed by atoms with Gasteiger partial charge in [0.2, 0.25) is 5.91 Å². The molecule has 0 aromatic heterocycles. The van der Waals surface area contributed by atoms with Gasteiger partial charge in [0.05, 0.1) is 23.6 Å². The van der Waals surface area contributed by atoms with Crippen molar-refractivity contribution in [3.05, 3.63) is 28.2 Å². The number of rotatable bonds is 4. The van der Waals surface area contributed by atoms with E-state index in [4.69, 9.17) is 0 Å². The first-order chi connectivity index (χ1) is 9.69. The lowest BCUT2D eigenvalue weighted by atomic mass is 10.0. The molecule has 1 aromatic carbocycles. The molecule has 1 heterocycles. The molecule has 0 bridgehead atoms. The third-order valence-corrected chi connectivity index (χ3v) is 6.35. The van der Waals surface area contributed by atoms with Crippen LogP contribution in [0.2, 0.25) is 0 Å². The van der Waals surface area contributed by atoms with Crippen LogP contribution in [0.3, 0.4) is 0 Å². The van der Waals surface area contributed by atoms with Crippen LogP contribution in [-0.2, 0) is 14.6 Å². The molecule has 0 radical (unpaired) electrons. The van der Waals surface area contributed by atoms with Gasteiger partial charge in [-0.15, -0.1) is 0 Å². The minimum Gasteiger partial charge on any atom is -0.376 e. The standard InChI is InChI=1S/C14H19BrN2O3S/c1-10-7-11(3-4-12(10)15)16-8-13(18)17-14(2)5-6-21(19,20)9-14/h3-4,7,16H,5-6,8-9H2,1-2H3,(H,17,18)/t14-/m0/s1. The molecule has 1 saturated heterocycles. The van der Waals surface area contributed by atoms with Crippen LogP contribution in [0.25, 0.3) is 0 Å². The van der Waals surface area contributed by atoms with Gasteiger partial charge in [-0.3, -0.25) is 4.79 Å². The predicted octanol–water partition coefficient (Wildman–Crippen LogP) is 1.86. The third-order valence-electron chi connectivity index (χ3n) is 3.56. The average molecular weight is 375 g/mol. The number of benzene rings is 1. The minimum atomic E-state index is -3.02. The van der Waals surface area contributed by atoms with E-state index in [1.165, 1.54) is 0 Å². The van der Waals surface area contributed by atoms with Crippen LogP contribution in [0.15, 0.2) is 22.7 Å². The number of halogens is 1. The van der Waals surface area contributed by atoms with E-state index in [0.29, 0.717) is 6.42 Å². The van der Waals surface area contributed by atoms with E-state index in [1.807, 2.05) is 25.1 Å². The van der Waals surface area contributed by atoms with Gasteiger partial charge in [-0.2, -0.15) is 0 Å². The number of hydrogen-bond donors (Lipinski definition) is 2. The van der Waals surface area contributed by atoms with E-state index in [9.17, 15) is 13.2 Å². The summed E-state index contributed by atoms with van der Waals surface area (Å²) >= 11 is 3.42. The molecule has 0 saturated carbocycles. The molecule has 0 spiro atoms. The topological polar surface area (TPSA) is 75.3 Å². The number of sulfone groups is 1. The minimum absolute atomic E-state index is 0.0170. The molecule has 21 heavy (non-hydrogen) atoms. The fourth-order valence-corrected chi connectivity index (χ4v) is 4.77. The molecule has 1 aliphatic heterocycles. The second-order valence-corrected chi connectivity index (χ2v) is 8.81. The van der Waals surface area contributed by atoms with Crippen LogP contribution >= 0.6 is 15.9 Å². The van der Waals surface area contributed by atoms with Crippen molar-refractivity contribution in [2.24, 2.45) is 0 Å². The van der Waals surface area contributed by atoms with Crippen molar-refractivity contribution in [2.45, 2.75) is 25.8 Å². The quantitative estimate of drug-likeness (QED) is 0.843. The van der Waals surface area contributed by atoms with E-state index in [1.54, 1.807) is 6.92 Å². The van der Waals surface area contributed by atoms with Gasteiger partial charge >= 0.3 is 0 Å². The number of carbonyl (C=O) groups excluding carboxylic acids is 1. The molecule has 1 atom stereocenters. The maximum atomic E-state index is 12.0. The second-order valence-electron chi connectivity index (χ2n) is 5.77. The van der Waals surface area contributed by atoms with Gasteiger partial charge < -0.3 is 10.6 Å². The van der Waals surface area contributed by atoms with Crippen molar-refractivity contribution in [3.63, 3.8) is 0 Å². The summed E-state index contributed by atoms with van der Waals surface area (Å²) in [7, 11) is -3.02. The molecule has 116 valence electrons. The third kappa shape index (κ3) is 4.44. The Morgan fingerprint density at radius 2 is 2.14 bits per heavy atom. The molecule has 1 fully saturated rings. The van der Waals surface area contributed by atoms with Crippen molar-refractivity contribution < 1.29 is 13.2 Å². The summed E-state index contributed by atoms with van der Waals surface area (Å²) in [5.74, 6) is -0.0399. The van der Waals surface area contributed by atoms with E-state index < -0.39 is 15.4 Å². The summed E-state index contributed by atoms with van der Waals surface area (Å²) in [6.07, 6.45) is 0.471. The highest BCUT2D eigenvalue weighted by molar-refractivity contribution is 9.10. The zero-order valence-electron chi connectivity index (χ0n) is 12.1. The molecule has 7 heteroatoms. The van der Waals surface area contributed by atoms with E-state index >= 15 is 0 Å². The molecular formula is C14H19BrN2O3S. The number of nitrogens with one attached hydrogen (secondary N) is 2. The number of aryl methyl sites for hydroxylation is 1. The summed E-state index contributed by atoms with van der Waals surface area (Å²) in [5, 5.41) is 5.86. The molecule has 5 nitrogen and oxygen atoms in total. The predicted molar refractivity (Wildman–Crippen MR) is 87.2 cm³/mol. The Hall–Kier alpha value is -1.08. The summed E-state index contributed by atoms with van der Waals surface area (Å²) in [5.41, 5.74) is 1.29. The van der Waals surface area contributed by atoms with E-state index in [2.05, 4.69) is 26.6 Å². The molecule has 0 aliphatic carbocycles. The molecule has 0 unspecified atom stereocenters. The SMILES string of the molecule is Cc1cc(NCC(=O)N[C@@]2(C)CCS(=O)(=O)C2)ccc1Br. The number of anilines is 1. The van der Waals surface area contributed by atoms with Crippen LogP contribution in [0.5, 0.6) is 0 Å². The lowest BCUT2D eigenvalue weighted by molar-refractivity contribution is -0.120. The maximum absolute atomic E-state index is 12.0. The summed E-state index contributed by atoms with van der Waals surface area (Å²) < 4.78 is 24.0. The maximum Gasteiger partial charge on any atom is 0.239 e. The van der Waals surface area contributed by atoms with Gasteiger partial charge in [0.1, 0.15) is 0 Å². The fraction of sp³-hybridized carbons (Fsp3) is 0.500. The van der Waals surface area contributed by atoms with Crippen molar-refractivity contribution in [3.8, 4) is 0 Å². The average Bonchev–Trinajstić information content (AvgIpc) is 2.65. The highest BCUT2D eigenvalue weighted by Crippen LogP contribution is 2.23. The molecular weight excluding hydrogens is 356 g/mol. The highest BCUT2D eigenvalue weighted by atomic mass is 79.9. The van der Waals surface area contributed by atoms with Gasteiger partial charge in [-0.05, 0) is 44.0 Å². The van der Waals surface area contributed by atoms with Crippen molar-refractivity contribution in [1.82, 2.24) is 5.32 Å². The van der Waals surface area contributed by atoms with E-state index in [0.717, 1.165) is 15.7 Å². The smallest absolute Gasteiger partial charge is 0.239 e. The largest absolute Gasteiger partial charge is 0.376 e. The molecule has 2 rings (SSSR count). The van der Waals surface area contributed by atoms with Gasteiger partial charge in [-0.1, -0.05) is 15.9 Å². The Morgan fingerprint density at radius 3 is 2.71 bits per heavy atom. The lowest BCUT2D eigenvalue weighted by Crippen LogP contribution is -2.48. The van der Waals surface area contributed by atoms with Crippen molar-refractivity contribution in [2.75, 3.05) is 23.4 Å². The van der Waals surface area contributed by atoms with Gasteiger partial charge in [0.15, 0.2) is 9.84 Å². The monoisotopic (exact) mass is 374 g/mol. The summed E-state index contributed by atoms with van der Waals surface area (Å²) in [4.78, 5) is 12.0. The number of hydrogen-bond acceptors (Lipinski definition) is 4. The normalized spacial score (nSPS) is 23.8. The van der Waals surface area contributed by atoms with Gasteiger partial charge in [0, 0.05) is 10.2 Å². The molecule has 2 N–H and O–H groups in total. The number of carbonyl (C=O) groups is 1. The first-order valence-corrected chi connectivity index (χ1v) is 9.32. The van der Waals surface area contributed by atoms with Crippen LogP contribution in [-0.4, -0.2) is 37.9 Å². The first kappa shape index (κ1) is 16.3. The van der Waals surface area contributed by atoms with Crippen molar-refractivity contribution in [1.29, 1.82) is 0 Å². The fourth-order valence-electron chi connectivity index (χ4n) is 2.43. The van der Waals surface area contributed by atoms with Crippen LogP contribution in [0.1, 0.15) is 18.9 Å². The Labute approximate surface area is 133 Å². The van der Waals surface area contributed by atoms with E-state index in [-0.39, 0.29) is 24.0 Å².